The van der Waals surface area contributed by atoms with E-state index in [0.717, 1.165) is 0 Å². The Kier molecular flexibility index (Phi) is 4.86. The van der Waals surface area contributed by atoms with E-state index in [2.05, 4.69) is 0 Å². The van der Waals surface area contributed by atoms with Gasteiger partial charge in [-0.15, -0.1) is 0 Å². The van der Waals surface area contributed by atoms with Crippen molar-refractivity contribution in [1.29, 1.82) is 0 Å². The third kappa shape index (κ3) is 4.32. The largest absolute Gasteiger partial charge is 0.466 e. The summed E-state index contributed by atoms with van der Waals surface area (Å²) in [6.45, 7) is 6.29. The smallest absolute Gasteiger partial charge is 0.320 e. The normalized spacial score (nSPS) is 22.1. The van der Waals surface area contributed by atoms with Crippen LogP contribution in [0.4, 0.5) is 0 Å². The Balaban J connectivity index is 2.86. The molecule has 0 aliphatic heterocycles. The molecule has 0 saturated heterocycles. The van der Waals surface area contributed by atoms with Crippen LogP contribution in [0.2, 0.25) is 0 Å². The zero-order valence-corrected chi connectivity index (χ0v) is 12.0. The predicted octanol–water partition coefficient (Wildman–Crippen LogP) is 1.69. The molecule has 0 fully saturated rings. The second-order valence-corrected chi connectivity index (χ2v) is 5.70. The Bertz CT molecular complexity index is 448. The van der Waals surface area contributed by atoms with E-state index >= 15 is 0 Å². The molecule has 20 heavy (non-hydrogen) atoms. The summed E-state index contributed by atoms with van der Waals surface area (Å²) in [6, 6.07) is 0. The van der Waals surface area contributed by atoms with E-state index in [1.165, 1.54) is 13.0 Å². The highest BCUT2D eigenvalue weighted by Crippen LogP contribution is 2.34. The van der Waals surface area contributed by atoms with Gasteiger partial charge in [0.15, 0.2) is 5.92 Å². The lowest BCUT2D eigenvalue weighted by Gasteiger charge is -2.24. The van der Waals surface area contributed by atoms with Crippen molar-refractivity contribution < 1.29 is 24.0 Å². The monoisotopic (exact) mass is 285 g/mol. The first-order valence-electron chi connectivity index (χ1n) is 6.32. The van der Waals surface area contributed by atoms with Crippen LogP contribution in [-0.4, -0.2) is 29.1 Å². The number of esters is 2. The lowest BCUT2D eigenvalue weighted by atomic mass is 9.94. The Morgan fingerprint density at radius 3 is 2.50 bits per heavy atom. The zero-order valence-electron chi connectivity index (χ0n) is 12.0. The highest BCUT2D eigenvalue weighted by atomic mass is 16.6. The molecule has 0 bridgehead atoms. The van der Waals surface area contributed by atoms with Crippen molar-refractivity contribution in [2.24, 2.45) is 11.8 Å². The maximum Gasteiger partial charge on any atom is 0.320 e. The van der Waals surface area contributed by atoms with E-state index in [-0.39, 0.29) is 12.3 Å². The first kappa shape index (κ1) is 16.1. The number of ether oxygens (including phenoxy) is 2. The Hall–Kier alpha value is -1.92. The molecule has 1 aliphatic carbocycles. The van der Waals surface area contributed by atoms with Gasteiger partial charge >= 0.3 is 11.9 Å². The molecule has 0 amide bonds. The molecule has 1 rings (SSSR count). The maximum atomic E-state index is 12.1. The summed E-state index contributed by atoms with van der Waals surface area (Å²) in [6.07, 6.45) is 1.70. The Morgan fingerprint density at radius 1 is 1.45 bits per heavy atom. The first-order valence-corrected chi connectivity index (χ1v) is 6.32. The van der Waals surface area contributed by atoms with Gasteiger partial charge in [-0.3, -0.25) is 19.7 Å². The summed E-state index contributed by atoms with van der Waals surface area (Å²) in [5, 5.41) is 11.0. The summed E-state index contributed by atoms with van der Waals surface area (Å²) in [7, 11) is 0. The summed E-state index contributed by atoms with van der Waals surface area (Å²) in [5.74, 6) is -2.59. The molecule has 0 aromatic carbocycles. The van der Waals surface area contributed by atoms with Gasteiger partial charge in [-0.1, -0.05) is 0 Å². The van der Waals surface area contributed by atoms with Crippen molar-refractivity contribution in [3.63, 3.8) is 0 Å². The molecule has 0 heterocycles. The van der Waals surface area contributed by atoms with Gasteiger partial charge in [-0.05, 0) is 33.3 Å². The summed E-state index contributed by atoms with van der Waals surface area (Å²) >= 11 is 0. The molecule has 7 nitrogen and oxygen atoms in total. The van der Waals surface area contributed by atoms with E-state index in [9.17, 15) is 19.7 Å². The highest BCUT2D eigenvalue weighted by Gasteiger charge is 2.45. The van der Waals surface area contributed by atoms with Crippen molar-refractivity contribution in [3.8, 4) is 0 Å². The van der Waals surface area contributed by atoms with Crippen LogP contribution < -0.4 is 0 Å². The highest BCUT2D eigenvalue weighted by molar-refractivity contribution is 5.77. The van der Waals surface area contributed by atoms with E-state index < -0.39 is 34.3 Å². The van der Waals surface area contributed by atoms with Crippen LogP contribution in [0.1, 0.15) is 34.1 Å². The number of hydrogen-bond donors (Lipinski definition) is 0. The van der Waals surface area contributed by atoms with E-state index in [1.54, 1.807) is 20.8 Å². The molecule has 0 aromatic heterocycles. The van der Waals surface area contributed by atoms with Gasteiger partial charge in [0, 0.05) is 12.8 Å². The number of allylic oxidation sites excluding steroid dienone is 1. The lowest BCUT2D eigenvalue weighted by molar-refractivity contribution is -0.432. The van der Waals surface area contributed by atoms with Crippen LogP contribution in [0.3, 0.4) is 0 Å². The second kappa shape index (κ2) is 6.02. The van der Waals surface area contributed by atoms with Gasteiger partial charge < -0.3 is 9.47 Å². The van der Waals surface area contributed by atoms with Gasteiger partial charge in [-0.2, -0.15) is 0 Å². The third-order valence-corrected chi connectivity index (χ3v) is 2.79. The summed E-state index contributed by atoms with van der Waals surface area (Å²) < 4.78 is 10.1. The Morgan fingerprint density at radius 2 is 2.05 bits per heavy atom. The average molecular weight is 285 g/mol. The molecule has 0 unspecified atom stereocenters. The van der Waals surface area contributed by atoms with E-state index in [0.29, 0.717) is 6.42 Å². The van der Waals surface area contributed by atoms with Crippen molar-refractivity contribution in [3.05, 3.63) is 21.9 Å². The maximum absolute atomic E-state index is 12.1. The van der Waals surface area contributed by atoms with Crippen LogP contribution in [0.15, 0.2) is 11.8 Å². The molecular weight excluding hydrogens is 266 g/mol. The van der Waals surface area contributed by atoms with Crippen molar-refractivity contribution in [2.75, 3.05) is 6.61 Å². The number of carbonyl (C=O) groups is 2. The van der Waals surface area contributed by atoms with Gasteiger partial charge in [0.1, 0.15) is 5.60 Å². The number of hydrogen-bond acceptors (Lipinski definition) is 6. The van der Waals surface area contributed by atoms with Crippen molar-refractivity contribution in [1.82, 2.24) is 0 Å². The van der Waals surface area contributed by atoms with Crippen LogP contribution in [0.25, 0.3) is 0 Å². The molecule has 0 spiro atoms. The minimum Gasteiger partial charge on any atom is -0.466 e. The minimum atomic E-state index is -0.997. The van der Waals surface area contributed by atoms with Gasteiger partial charge in [0.2, 0.25) is 0 Å². The molecule has 2 atom stereocenters. The fraction of sp³-hybridized carbons (Fsp3) is 0.692. The number of rotatable bonds is 4. The van der Waals surface area contributed by atoms with Gasteiger partial charge in [0.05, 0.1) is 11.5 Å². The van der Waals surface area contributed by atoms with Crippen LogP contribution >= 0.6 is 0 Å². The lowest BCUT2D eigenvalue weighted by Crippen LogP contribution is -2.34. The predicted molar refractivity (Wildman–Crippen MR) is 69.2 cm³/mol. The molecule has 7 heteroatoms. The van der Waals surface area contributed by atoms with E-state index in [4.69, 9.17) is 9.47 Å². The minimum absolute atomic E-state index is 0.0346. The zero-order chi connectivity index (χ0) is 15.5. The number of nitro groups is 1. The standard InChI is InChI=1S/C13H19NO6/c1-8(15)19-7-9-5-6-10(14(17)18)11(9)12(16)20-13(2,3)4/h6,9,11H,5,7H2,1-4H3/t9-,11+/m0/s1. The Labute approximate surface area is 117 Å². The SMILES string of the molecule is CC(=O)OC[C@@H]1CC=C([N+](=O)[O-])[C@@H]1C(=O)OC(C)(C)C. The van der Waals surface area contributed by atoms with Crippen LogP contribution in [0.5, 0.6) is 0 Å². The fourth-order valence-electron chi connectivity index (χ4n) is 2.03. The molecule has 112 valence electrons. The van der Waals surface area contributed by atoms with Gasteiger partial charge in [0.25, 0.3) is 5.70 Å². The fourth-order valence-corrected chi connectivity index (χ4v) is 2.03. The number of carbonyl (C=O) groups excluding carboxylic acids is 2. The first-order chi connectivity index (χ1) is 9.11. The third-order valence-electron chi connectivity index (χ3n) is 2.79. The van der Waals surface area contributed by atoms with Crippen molar-refractivity contribution >= 4 is 11.9 Å². The molecule has 0 N–H and O–H groups in total. The topological polar surface area (TPSA) is 95.7 Å². The van der Waals surface area contributed by atoms with Crippen LogP contribution in [0, 0.1) is 22.0 Å². The van der Waals surface area contributed by atoms with Gasteiger partial charge in [-0.25, -0.2) is 0 Å². The van der Waals surface area contributed by atoms with Crippen LogP contribution in [-0.2, 0) is 19.1 Å². The molecule has 0 saturated carbocycles. The summed E-state index contributed by atoms with van der Waals surface area (Å²) in [5.41, 5.74) is -0.913. The van der Waals surface area contributed by atoms with E-state index in [1.807, 2.05) is 0 Å². The van der Waals surface area contributed by atoms with Crippen molar-refractivity contribution in [2.45, 2.75) is 39.7 Å². The molecular formula is C13H19NO6. The molecule has 0 aromatic rings. The molecule has 0 radical (unpaired) electrons. The summed E-state index contributed by atoms with van der Waals surface area (Å²) in [4.78, 5) is 33.4. The second-order valence-electron chi connectivity index (χ2n) is 5.70. The quantitative estimate of drug-likeness (QED) is 0.443. The molecule has 1 aliphatic rings. The average Bonchev–Trinajstić information content (AvgIpc) is 2.67. The number of nitrogens with zero attached hydrogens (tertiary/aromatic N) is 1.